The Morgan fingerprint density at radius 1 is 0.538 bits per heavy atom. The average Bonchev–Trinajstić information content (AvgIpc) is 3.28. The summed E-state index contributed by atoms with van der Waals surface area (Å²) in [6, 6.07) is -0.292. The van der Waals surface area contributed by atoms with Gasteiger partial charge in [-0.1, -0.05) is 141 Å². The SMILES string of the molecule is CCCCCCCC/C=C\CCCCCCCC(=O)OCC(C[N+](C)(C)CCNC(=O)C(CCCNCCCN)NCCCN)OC(=O)CCCCCCC/C=C\CCCCCCCC. The van der Waals surface area contributed by atoms with E-state index in [0.29, 0.717) is 56.6 Å². The van der Waals surface area contributed by atoms with Gasteiger partial charge in [0.2, 0.25) is 5.91 Å². The number of hydrogen-bond acceptors (Lipinski definition) is 9. The van der Waals surface area contributed by atoms with Crippen LogP contribution in [0, 0.1) is 0 Å². The molecule has 0 spiro atoms. The molecule has 0 aromatic heterocycles. The number of nitrogens with zero attached hydrogens (tertiary/aromatic N) is 1. The zero-order valence-electron chi connectivity index (χ0n) is 43.1. The predicted octanol–water partition coefficient (Wildman–Crippen LogP) is 10.7. The minimum atomic E-state index is -0.563. The van der Waals surface area contributed by atoms with Crippen LogP contribution in [0.5, 0.6) is 0 Å². The van der Waals surface area contributed by atoms with Crippen molar-refractivity contribution >= 4 is 17.8 Å². The summed E-state index contributed by atoms with van der Waals surface area (Å²) in [5, 5.41) is 9.92. The molecule has 7 N–H and O–H groups in total. The average molecular weight is 920 g/mol. The Morgan fingerprint density at radius 3 is 1.49 bits per heavy atom. The van der Waals surface area contributed by atoms with Crippen LogP contribution in [0.25, 0.3) is 0 Å². The molecule has 0 bridgehead atoms. The Bertz CT molecular complexity index is 1130. The molecule has 0 saturated carbocycles. The number of carbonyl (C=O) groups excluding carboxylic acids is 3. The quantitative estimate of drug-likeness (QED) is 0.0173. The van der Waals surface area contributed by atoms with Crippen LogP contribution in [0.3, 0.4) is 0 Å². The number of nitrogens with two attached hydrogens (primary N) is 2. The second kappa shape index (κ2) is 48.2. The van der Waals surface area contributed by atoms with Crippen molar-refractivity contribution in [3.8, 4) is 0 Å². The molecule has 0 radical (unpaired) electrons. The van der Waals surface area contributed by atoms with Crippen LogP contribution in [0.15, 0.2) is 24.3 Å². The van der Waals surface area contributed by atoms with Crippen molar-refractivity contribution in [2.75, 3.05) is 73.1 Å². The fourth-order valence-corrected chi connectivity index (χ4v) is 8.04. The third-order valence-corrected chi connectivity index (χ3v) is 12.2. The summed E-state index contributed by atoms with van der Waals surface area (Å²) in [7, 11) is 4.13. The number of ether oxygens (including phenoxy) is 2. The lowest BCUT2D eigenvalue weighted by atomic mass is 10.1. The summed E-state index contributed by atoms with van der Waals surface area (Å²) >= 11 is 0. The fraction of sp³-hybridized carbons (Fsp3) is 0.870. The number of likely N-dealkylation sites (N-methyl/N-ethyl adjacent to an activating group) is 1. The molecule has 0 aliphatic rings. The number of unbranched alkanes of at least 4 members (excludes halogenated alkanes) is 22. The summed E-state index contributed by atoms with van der Waals surface area (Å²) in [6.45, 7) is 9.80. The molecular weight excluding hydrogens is 813 g/mol. The van der Waals surface area contributed by atoms with Gasteiger partial charge in [0.25, 0.3) is 0 Å². The highest BCUT2D eigenvalue weighted by molar-refractivity contribution is 5.81. The van der Waals surface area contributed by atoms with Crippen LogP contribution < -0.4 is 27.4 Å². The van der Waals surface area contributed by atoms with E-state index in [1.54, 1.807) is 0 Å². The van der Waals surface area contributed by atoms with E-state index >= 15 is 0 Å². The summed E-state index contributed by atoms with van der Waals surface area (Å²) < 4.78 is 12.3. The van der Waals surface area contributed by atoms with Crippen molar-refractivity contribution in [2.24, 2.45) is 11.5 Å². The lowest BCUT2D eigenvalue weighted by molar-refractivity contribution is -0.892. The first-order chi connectivity index (χ1) is 31.7. The van der Waals surface area contributed by atoms with Gasteiger partial charge in [-0.15, -0.1) is 0 Å². The van der Waals surface area contributed by atoms with Gasteiger partial charge in [-0.05, 0) is 123 Å². The second-order valence-electron chi connectivity index (χ2n) is 19.3. The molecule has 382 valence electrons. The van der Waals surface area contributed by atoms with Crippen molar-refractivity contribution < 1.29 is 28.3 Å². The van der Waals surface area contributed by atoms with Gasteiger partial charge < -0.3 is 41.4 Å². The molecule has 0 heterocycles. The van der Waals surface area contributed by atoms with E-state index in [9.17, 15) is 14.4 Å². The molecular formula is C54H107N6O5+. The number of carbonyl (C=O) groups is 3. The lowest BCUT2D eigenvalue weighted by Gasteiger charge is -2.33. The highest BCUT2D eigenvalue weighted by Crippen LogP contribution is 2.14. The maximum atomic E-state index is 13.3. The number of allylic oxidation sites excluding steroid dienone is 4. The first-order valence-corrected chi connectivity index (χ1v) is 27.3. The molecule has 65 heavy (non-hydrogen) atoms. The maximum absolute atomic E-state index is 13.3. The van der Waals surface area contributed by atoms with Crippen molar-refractivity contribution in [3.63, 3.8) is 0 Å². The smallest absolute Gasteiger partial charge is 0.306 e. The number of nitrogens with one attached hydrogen (secondary N) is 3. The van der Waals surface area contributed by atoms with Crippen LogP contribution in [0.1, 0.15) is 219 Å². The van der Waals surface area contributed by atoms with Gasteiger partial charge in [0.15, 0.2) is 6.10 Å². The molecule has 2 unspecified atom stereocenters. The molecule has 11 nitrogen and oxygen atoms in total. The molecule has 0 aliphatic heterocycles. The van der Waals surface area contributed by atoms with Crippen molar-refractivity contribution in [2.45, 2.75) is 231 Å². The lowest BCUT2D eigenvalue weighted by Crippen LogP contribution is -2.53. The summed E-state index contributed by atoms with van der Waals surface area (Å²) in [4.78, 5) is 39.3. The van der Waals surface area contributed by atoms with Crippen LogP contribution in [-0.4, -0.2) is 108 Å². The van der Waals surface area contributed by atoms with Crippen molar-refractivity contribution in [1.82, 2.24) is 16.0 Å². The normalized spacial score (nSPS) is 12.9. The summed E-state index contributed by atoms with van der Waals surface area (Å²) in [5.41, 5.74) is 11.3. The fourth-order valence-electron chi connectivity index (χ4n) is 8.04. The van der Waals surface area contributed by atoms with Crippen LogP contribution in [-0.2, 0) is 23.9 Å². The Kier molecular flexibility index (Phi) is 46.4. The summed E-state index contributed by atoms with van der Waals surface area (Å²) in [5.74, 6) is -0.490. The van der Waals surface area contributed by atoms with E-state index < -0.39 is 6.10 Å². The highest BCUT2D eigenvalue weighted by Gasteiger charge is 2.27. The molecule has 0 fully saturated rings. The number of esters is 2. The third kappa shape index (κ3) is 45.3. The standard InChI is InChI=1S/C54H106N6O5/c1-5-7-9-11-13-15-17-19-21-23-25-27-29-31-33-39-52(61)64-49-50(65-53(62)40-34-32-30-28-26-24-22-20-18-16-14-12-10-8-6-2)48-60(3,4)47-46-59-54(63)51(58-45-37-42-56)38-35-43-57-44-36-41-55/h19-22,50-51,57-58H,5-18,23-49,55-56H2,1-4H3/p+1/b21-19-,22-20-. The molecule has 0 aromatic rings. The first-order valence-electron chi connectivity index (χ1n) is 27.3. The summed E-state index contributed by atoms with van der Waals surface area (Å²) in [6.07, 6.45) is 44.3. The maximum Gasteiger partial charge on any atom is 0.306 e. The van der Waals surface area contributed by atoms with Gasteiger partial charge in [-0.25, -0.2) is 0 Å². The number of amides is 1. The van der Waals surface area contributed by atoms with Crippen molar-refractivity contribution in [1.29, 1.82) is 0 Å². The molecule has 0 rings (SSSR count). The monoisotopic (exact) mass is 920 g/mol. The minimum Gasteiger partial charge on any atom is -0.461 e. The number of hydrogen-bond donors (Lipinski definition) is 5. The van der Waals surface area contributed by atoms with E-state index in [4.69, 9.17) is 20.9 Å². The Morgan fingerprint density at radius 2 is 0.985 bits per heavy atom. The van der Waals surface area contributed by atoms with Crippen LogP contribution in [0.2, 0.25) is 0 Å². The van der Waals surface area contributed by atoms with Crippen LogP contribution >= 0.6 is 0 Å². The molecule has 0 saturated heterocycles. The van der Waals surface area contributed by atoms with E-state index in [0.717, 1.165) is 90.1 Å². The van der Waals surface area contributed by atoms with Crippen LogP contribution in [0.4, 0.5) is 0 Å². The van der Waals surface area contributed by atoms with Gasteiger partial charge in [0.1, 0.15) is 13.2 Å². The third-order valence-electron chi connectivity index (χ3n) is 12.2. The molecule has 11 heteroatoms. The van der Waals surface area contributed by atoms with Gasteiger partial charge in [0, 0.05) is 12.8 Å². The Hall–Kier alpha value is -2.31. The molecule has 0 aliphatic carbocycles. The second-order valence-corrected chi connectivity index (χ2v) is 19.3. The zero-order valence-corrected chi connectivity index (χ0v) is 43.1. The van der Waals surface area contributed by atoms with E-state index in [-0.39, 0.29) is 30.5 Å². The Balaban J connectivity index is 4.89. The molecule has 2 atom stereocenters. The van der Waals surface area contributed by atoms with E-state index in [2.05, 4.69) is 68.2 Å². The topological polar surface area (TPSA) is 158 Å². The number of quaternary nitrogens is 1. The zero-order chi connectivity index (χ0) is 47.7. The van der Waals surface area contributed by atoms with Gasteiger partial charge in [-0.2, -0.15) is 0 Å². The molecule has 1 amide bonds. The van der Waals surface area contributed by atoms with Gasteiger partial charge in [0.05, 0.1) is 33.2 Å². The first kappa shape index (κ1) is 62.7. The Labute approximate surface area is 401 Å². The van der Waals surface area contributed by atoms with E-state index in [1.807, 2.05) is 0 Å². The van der Waals surface area contributed by atoms with Gasteiger partial charge >= 0.3 is 11.9 Å². The molecule has 0 aromatic carbocycles. The number of rotatable bonds is 50. The van der Waals surface area contributed by atoms with Gasteiger partial charge in [-0.3, -0.25) is 14.4 Å². The highest BCUT2D eigenvalue weighted by atomic mass is 16.6. The van der Waals surface area contributed by atoms with E-state index in [1.165, 1.54) is 116 Å². The predicted molar refractivity (Wildman–Crippen MR) is 276 cm³/mol. The van der Waals surface area contributed by atoms with Crippen molar-refractivity contribution in [3.05, 3.63) is 24.3 Å². The minimum absolute atomic E-state index is 0.0171. The largest absolute Gasteiger partial charge is 0.461 e.